The molecule has 0 spiro atoms. The first-order valence-corrected chi connectivity index (χ1v) is 6.50. The van der Waals surface area contributed by atoms with Crippen LogP contribution in [0.15, 0.2) is 11.5 Å². The van der Waals surface area contributed by atoms with Gasteiger partial charge in [0.2, 0.25) is 5.91 Å². The lowest BCUT2D eigenvalue weighted by Crippen LogP contribution is -2.29. The van der Waals surface area contributed by atoms with E-state index < -0.39 is 27.7 Å². The van der Waals surface area contributed by atoms with Crippen LogP contribution in [0.2, 0.25) is 0 Å². The molecule has 1 N–H and O–H groups in total. The van der Waals surface area contributed by atoms with Crippen LogP contribution in [-0.2, 0) is 33.4 Å². The van der Waals surface area contributed by atoms with Crippen molar-refractivity contribution in [3.63, 3.8) is 0 Å². The van der Waals surface area contributed by atoms with Crippen molar-refractivity contribution in [2.75, 3.05) is 27.1 Å². The van der Waals surface area contributed by atoms with Gasteiger partial charge in [-0.25, -0.2) is 4.79 Å². The molecule has 0 aromatic heterocycles. The molecule has 9 heteroatoms. The van der Waals surface area contributed by atoms with E-state index in [-0.39, 0.29) is 12.4 Å². The van der Waals surface area contributed by atoms with Gasteiger partial charge in [0.1, 0.15) is 6.61 Å². The number of rotatable bonds is 6. The zero-order chi connectivity index (χ0) is 14.3. The highest BCUT2D eigenvalue weighted by Gasteiger charge is 2.22. The standard InChI is InChI=1S/C9H15NO7S/c1-6(11)10-8(9(12)16-3)7(5-15-2)17-18(4,13)14/h5H2,1-4H3,(H,10,11)/b8-7+. The van der Waals surface area contributed by atoms with Gasteiger partial charge < -0.3 is 19.0 Å². The van der Waals surface area contributed by atoms with Crippen LogP contribution in [0.5, 0.6) is 0 Å². The van der Waals surface area contributed by atoms with E-state index in [1.807, 2.05) is 0 Å². The second-order valence-corrected chi connectivity index (χ2v) is 4.77. The highest BCUT2D eigenvalue weighted by atomic mass is 32.2. The van der Waals surface area contributed by atoms with Crippen molar-refractivity contribution in [1.82, 2.24) is 5.32 Å². The largest absolute Gasteiger partial charge is 0.464 e. The SMILES string of the molecule is COC/C(OS(C)(=O)=O)=C(\NC(C)=O)C(=O)OC. The average molecular weight is 281 g/mol. The van der Waals surface area contributed by atoms with Gasteiger partial charge in [-0.2, -0.15) is 8.42 Å². The topological polar surface area (TPSA) is 108 Å². The summed E-state index contributed by atoms with van der Waals surface area (Å²) in [6.45, 7) is 0.825. The predicted molar refractivity (Wildman–Crippen MR) is 60.7 cm³/mol. The van der Waals surface area contributed by atoms with E-state index in [4.69, 9.17) is 4.74 Å². The third-order valence-corrected chi connectivity index (χ3v) is 2.00. The van der Waals surface area contributed by atoms with E-state index in [0.29, 0.717) is 0 Å². The number of amides is 1. The average Bonchev–Trinajstić information content (AvgIpc) is 2.22. The van der Waals surface area contributed by atoms with Crippen molar-refractivity contribution in [3.05, 3.63) is 11.5 Å². The molecule has 0 aromatic carbocycles. The molecule has 104 valence electrons. The normalized spacial score (nSPS) is 12.4. The molecule has 0 saturated heterocycles. The summed E-state index contributed by atoms with van der Waals surface area (Å²) in [7, 11) is -1.51. The van der Waals surface area contributed by atoms with Crippen molar-refractivity contribution in [2.45, 2.75) is 6.92 Å². The van der Waals surface area contributed by atoms with Crippen molar-refractivity contribution in [1.29, 1.82) is 0 Å². The Morgan fingerprint density at radius 3 is 2.11 bits per heavy atom. The molecule has 0 radical (unpaired) electrons. The fraction of sp³-hybridized carbons (Fsp3) is 0.556. The van der Waals surface area contributed by atoms with Crippen LogP contribution in [0.4, 0.5) is 0 Å². The van der Waals surface area contributed by atoms with Crippen LogP contribution in [0.3, 0.4) is 0 Å². The smallest absolute Gasteiger partial charge is 0.358 e. The van der Waals surface area contributed by atoms with Crippen LogP contribution >= 0.6 is 0 Å². The molecule has 0 heterocycles. The van der Waals surface area contributed by atoms with Crippen molar-refractivity contribution < 1.29 is 31.7 Å². The van der Waals surface area contributed by atoms with Gasteiger partial charge in [0.15, 0.2) is 11.5 Å². The molecular formula is C9H15NO7S. The van der Waals surface area contributed by atoms with Gasteiger partial charge in [-0.05, 0) is 0 Å². The third kappa shape index (κ3) is 6.21. The van der Waals surface area contributed by atoms with Gasteiger partial charge in [-0.3, -0.25) is 4.79 Å². The third-order valence-electron chi connectivity index (χ3n) is 1.50. The molecule has 0 unspecified atom stereocenters. The van der Waals surface area contributed by atoms with Crippen molar-refractivity contribution >= 4 is 22.0 Å². The lowest BCUT2D eigenvalue weighted by atomic mass is 10.3. The Hall–Kier alpha value is -1.61. The number of ether oxygens (including phenoxy) is 2. The molecule has 8 nitrogen and oxygen atoms in total. The molecule has 0 atom stereocenters. The summed E-state index contributed by atoms with van der Waals surface area (Å²) in [4.78, 5) is 22.4. The van der Waals surface area contributed by atoms with Crippen LogP contribution in [0.25, 0.3) is 0 Å². The number of carbonyl (C=O) groups excluding carboxylic acids is 2. The van der Waals surface area contributed by atoms with E-state index in [9.17, 15) is 18.0 Å². The van der Waals surface area contributed by atoms with Crippen molar-refractivity contribution in [3.8, 4) is 0 Å². The van der Waals surface area contributed by atoms with Gasteiger partial charge in [-0.15, -0.1) is 0 Å². The Morgan fingerprint density at radius 1 is 1.22 bits per heavy atom. The van der Waals surface area contributed by atoms with E-state index in [0.717, 1.165) is 20.3 Å². The maximum Gasteiger partial charge on any atom is 0.358 e. The Labute approximate surface area is 105 Å². The number of methoxy groups -OCH3 is 2. The molecule has 0 aromatic rings. The van der Waals surface area contributed by atoms with Gasteiger partial charge in [-0.1, -0.05) is 0 Å². The molecular weight excluding hydrogens is 266 g/mol. The minimum Gasteiger partial charge on any atom is -0.464 e. The highest BCUT2D eigenvalue weighted by Crippen LogP contribution is 2.09. The molecule has 0 bridgehead atoms. The van der Waals surface area contributed by atoms with Crippen LogP contribution < -0.4 is 5.32 Å². The zero-order valence-electron chi connectivity index (χ0n) is 10.5. The summed E-state index contributed by atoms with van der Waals surface area (Å²) in [5, 5.41) is 2.13. The first-order chi connectivity index (χ1) is 8.21. The van der Waals surface area contributed by atoms with Gasteiger partial charge in [0.25, 0.3) is 0 Å². The molecule has 0 rings (SSSR count). The van der Waals surface area contributed by atoms with Gasteiger partial charge in [0.05, 0.1) is 13.4 Å². The Kier molecular flexibility index (Phi) is 6.34. The molecule has 0 aliphatic heterocycles. The summed E-state index contributed by atoms with van der Waals surface area (Å²) in [5.74, 6) is -1.89. The summed E-state index contributed by atoms with van der Waals surface area (Å²) >= 11 is 0. The molecule has 0 saturated carbocycles. The monoisotopic (exact) mass is 281 g/mol. The van der Waals surface area contributed by atoms with E-state index >= 15 is 0 Å². The van der Waals surface area contributed by atoms with E-state index in [2.05, 4.69) is 14.2 Å². The number of hydrogen-bond acceptors (Lipinski definition) is 7. The Balaban J connectivity index is 5.52. The van der Waals surface area contributed by atoms with Gasteiger partial charge in [0, 0.05) is 14.0 Å². The Morgan fingerprint density at radius 2 is 1.78 bits per heavy atom. The van der Waals surface area contributed by atoms with Crippen LogP contribution in [0, 0.1) is 0 Å². The highest BCUT2D eigenvalue weighted by molar-refractivity contribution is 7.86. The van der Waals surface area contributed by atoms with Crippen molar-refractivity contribution in [2.24, 2.45) is 0 Å². The van der Waals surface area contributed by atoms with Crippen LogP contribution in [0.1, 0.15) is 6.92 Å². The first kappa shape index (κ1) is 16.4. The molecule has 1 amide bonds. The van der Waals surface area contributed by atoms with Crippen LogP contribution in [-0.4, -0.2) is 47.4 Å². The number of hydrogen-bond donors (Lipinski definition) is 1. The molecule has 18 heavy (non-hydrogen) atoms. The maximum atomic E-state index is 11.4. The molecule has 0 aliphatic carbocycles. The first-order valence-electron chi connectivity index (χ1n) is 4.68. The Bertz CT molecular complexity index is 452. The second-order valence-electron chi connectivity index (χ2n) is 3.19. The minimum atomic E-state index is -3.87. The fourth-order valence-corrected chi connectivity index (χ4v) is 1.46. The maximum absolute atomic E-state index is 11.4. The van der Waals surface area contributed by atoms with E-state index in [1.54, 1.807) is 0 Å². The number of esters is 1. The minimum absolute atomic E-state index is 0.322. The summed E-state index contributed by atoms with van der Waals surface area (Å²) < 4.78 is 35.8. The fourth-order valence-electron chi connectivity index (χ4n) is 0.964. The summed E-state index contributed by atoms with van der Waals surface area (Å²) in [6.07, 6.45) is 0.797. The summed E-state index contributed by atoms with van der Waals surface area (Å²) in [5.41, 5.74) is -0.419. The zero-order valence-corrected chi connectivity index (χ0v) is 11.3. The van der Waals surface area contributed by atoms with E-state index in [1.165, 1.54) is 7.11 Å². The van der Waals surface area contributed by atoms with Gasteiger partial charge >= 0.3 is 16.1 Å². The lowest BCUT2D eigenvalue weighted by Gasteiger charge is -2.13. The number of nitrogens with one attached hydrogen (secondary N) is 1. The predicted octanol–water partition coefficient (Wildman–Crippen LogP) is -0.870. The quantitative estimate of drug-likeness (QED) is 0.292. The molecule has 0 fully saturated rings. The molecule has 0 aliphatic rings. The number of carbonyl (C=O) groups is 2. The second kappa shape index (κ2) is 6.97. The lowest BCUT2D eigenvalue weighted by molar-refractivity contribution is -0.138. The summed E-state index contributed by atoms with van der Waals surface area (Å²) in [6, 6.07) is 0.